The molecule has 0 N–H and O–H groups in total. The fourth-order valence-electron chi connectivity index (χ4n) is 1.34. The van der Waals surface area contributed by atoms with E-state index >= 15 is 0 Å². The van der Waals surface area contributed by atoms with Gasteiger partial charge in [0.25, 0.3) is 0 Å². The molecule has 1 fully saturated rings. The smallest absolute Gasteiger partial charge is 0.00791 e. The first-order valence-electron chi connectivity index (χ1n) is 3.43. The number of hydrogen-bond donors (Lipinski definition) is 1. The zero-order valence-corrected chi connectivity index (χ0v) is 6.54. The molecule has 0 aromatic rings. The number of rotatable bonds is 2. The molecule has 1 aliphatic rings. The van der Waals surface area contributed by atoms with E-state index in [0.29, 0.717) is 5.41 Å². The molecule has 1 heteroatoms. The summed E-state index contributed by atoms with van der Waals surface area (Å²) >= 11 is 4.42. The van der Waals surface area contributed by atoms with Crippen LogP contribution in [0.25, 0.3) is 0 Å². The SMILES string of the molecule is CCC1(CC)CC1S. The van der Waals surface area contributed by atoms with Crippen molar-refractivity contribution in [1.82, 2.24) is 0 Å². The molecule has 1 unspecified atom stereocenters. The molecule has 0 aromatic heterocycles. The zero-order chi connectivity index (χ0) is 6.20. The molecule has 0 saturated heterocycles. The van der Waals surface area contributed by atoms with Gasteiger partial charge in [0.15, 0.2) is 0 Å². The lowest BCUT2D eigenvalue weighted by Crippen LogP contribution is -1.98. The third-order valence-corrected chi connectivity index (χ3v) is 3.29. The highest BCUT2D eigenvalue weighted by Crippen LogP contribution is 2.54. The Morgan fingerprint density at radius 3 is 1.88 bits per heavy atom. The van der Waals surface area contributed by atoms with Crippen molar-refractivity contribution in [1.29, 1.82) is 0 Å². The maximum atomic E-state index is 4.42. The van der Waals surface area contributed by atoms with E-state index in [9.17, 15) is 0 Å². The monoisotopic (exact) mass is 130 g/mol. The van der Waals surface area contributed by atoms with E-state index in [-0.39, 0.29) is 0 Å². The average molecular weight is 130 g/mol. The van der Waals surface area contributed by atoms with Gasteiger partial charge < -0.3 is 0 Å². The van der Waals surface area contributed by atoms with Gasteiger partial charge >= 0.3 is 0 Å². The van der Waals surface area contributed by atoms with Gasteiger partial charge in [0.2, 0.25) is 0 Å². The molecule has 1 aliphatic carbocycles. The Labute approximate surface area is 57.1 Å². The molecule has 1 rings (SSSR count). The van der Waals surface area contributed by atoms with Crippen molar-refractivity contribution in [2.75, 3.05) is 0 Å². The van der Waals surface area contributed by atoms with Crippen LogP contribution in [0.15, 0.2) is 0 Å². The van der Waals surface area contributed by atoms with Crippen LogP contribution < -0.4 is 0 Å². The Morgan fingerprint density at radius 1 is 1.50 bits per heavy atom. The highest BCUT2D eigenvalue weighted by molar-refractivity contribution is 7.81. The molecule has 48 valence electrons. The van der Waals surface area contributed by atoms with Crippen molar-refractivity contribution in [3.05, 3.63) is 0 Å². The highest BCUT2D eigenvalue weighted by atomic mass is 32.1. The predicted octanol–water partition coefficient (Wildman–Crippen LogP) is 2.49. The second-order valence-electron chi connectivity index (χ2n) is 2.79. The molecule has 0 spiro atoms. The molecular formula is C7H14S. The number of hydrogen-bond acceptors (Lipinski definition) is 1. The van der Waals surface area contributed by atoms with Gasteiger partial charge in [-0.25, -0.2) is 0 Å². The highest BCUT2D eigenvalue weighted by Gasteiger charge is 2.48. The third-order valence-electron chi connectivity index (χ3n) is 2.55. The van der Waals surface area contributed by atoms with Crippen molar-refractivity contribution in [2.24, 2.45) is 5.41 Å². The second kappa shape index (κ2) is 1.94. The van der Waals surface area contributed by atoms with Gasteiger partial charge in [-0.15, -0.1) is 0 Å². The molecule has 8 heavy (non-hydrogen) atoms. The van der Waals surface area contributed by atoms with Gasteiger partial charge in [-0.1, -0.05) is 13.8 Å². The van der Waals surface area contributed by atoms with Crippen LogP contribution in [0.3, 0.4) is 0 Å². The minimum Gasteiger partial charge on any atom is -0.175 e. The minimum absolute atomic E-state index is 0.656. The predicted molar refractivity (Wildman–Crippen MR) is 40.4 cm³/mol. The summed E-state index contributed by atoms with van der Waals surface area (Å²) in [4.78, 5) is 0. The lowest BCUT2D eigenvalue weighted by atomic mass is 10.0. The van der Waals surface area contributed by atoms with E-state index in [4.69, 9.17) is 0 Å². The Kier molecular flexibility index (Phi) is 1.57. The van der Waals surface area contributed by atoms with Gasteiger partial charge in [-0.3, -0.25) is 0 Å². The van der Waals surface area contributed by atoms with Crippen LogP contribution in [0.2, 0.25) is 0 Å². The zero-order valence-electron chi connectivity index (χ0n) is 5.65. The van der Waals surface area contributed by atoms with Crippen molar-refractivity contribution in [3.63, 3.8) is 0 Å². The fourth-order valence-corrected chi connectivity index (χ4v) is 2.06. The van der Waals surface area contributed by atoms with Crippen LogP contribution >= 0.6 is 12.6 Å². The topological polar surface area (TPSA) is 0 Å². The normalized spacial score (nSPS) is 32.6. The van der Waals surface area contributed by atoms with E-state index in [2.05, 4.69) is 26.5 Å². The van der Waals surface area contributed by atoms with Crippen molar-refractivity contribution >= 4 is 12.6 Å². The molecule has 0 aliphatic heterocycles. The standard InChI is InChI=1S/C7H14S/c1-3-7(4-2)5-6(7)8/h6,8H,3-5H2,1-2H3. The molecule has 0 radical (unpaired) electrons. The van der Waals surface area contributed by atoms with Crippen LogP contribution in [0, 0.1) is 5.41 Å². The van der Waals surface area contributed by atoms with Crippen LogP contribution in [0.5, 0.6) is 0 Å². The molecule has 1 atom stereocenters. The van der Waals surface area contributed by atoms with E-state index < -0.39 is 0 Å². The van der Waals surface area contributed by atoms with Gasteiger partial charge in [0.1, 0.15) is 0 Å². The summed E-state index contributed by atoms with van der Waals surface area (Å²) in [6.45, 7) is 4.53. The average Bonchev–Trinajstić information content (AvgIpc) is 2.43. The first kappa shape index (κ1) is 6.47. The van der Waals surface area contributed by atoms with E-state index in [0.717, 1.165) is 5.25 Å². The van der Waals surface area contributed by atoms with Crippen molar-refractivity contribution in [3.8, 4) is 0 Å². The first-order chi connectivity index (χ1) is 3.75. The molecule has 0 aromatic carbocycles. The van der Waals surface area contributed by atoms with Gasteiger partial charge in [-0.2, -0.15) is 12.6 Å². The summed E-state index contributed by atoms with van der Waals surface area (Å²) in [5.41, 5.74) is 0.656. The first-order valence-corrected chi connectivity index (χ1v) is 3.95. The second-order valence-corrected chi connectivity index (χ2v) is 3.41. The van der Waals surface area contributed by atoms with Crippen LogP contribution in [-0.2, 0) is 0 Å². The van der Waals surface area contributed by atoms with Crippen LogP contribution in [0.4, 0.5) is 0 Å². The molecule has 0 nitrogen and oxygen atoms in total. The summed E-state index contributed by atoms with van der Waals surface area (Å²) in [6, 6.07) is 0. The van der Waals surface area contributed by atoms with E-state index in [1.165, 1.54) is 19.3 Å². The lowest BCUT2D eigenvalue weighted by molar-refractivity contribution is 0.478. The Morgan fingerprint density at radius 2 is 1.88 bits per heavy atom. The maximum Gasteiger partial charge on any atom is 0.00791 e. The number of thiol groups is 1. The lowest BCUT2D eigenvalue weighted by Gasteiger charge is -2.07. The van der Waals surface area contributed by atoms with Gasteiger partial charge in [0.05, 0.1) is 0 Å². The minimum atomic E-state index is 0.656. The van der Waals surface area contributed by atoms with E-state index in [1.54, 1.807) is 0 Å². The molecule has 0 amide bonds. The van der Waals surface area contributed by atoms with Crippen molar-refractivity contribution in [2.45, 2.75) is 38.4 Å². The summed E-state index contributed by atoms with van der Waals surface area (Å²) in [5.74, 6) is 0. The van der Waals surface area contributed by atoms with Crippen LogP contribution in [0.1, 0.15) is 33.1 Å². The third kappa shape index (κ3) is 0.771. The van der Waals surface area contributed by atoms with Crippen molar-refractivity contribution < 1.29 is 0 Å². The summed E-state index contributed by atoms with van der Waals surface area (Å²) in [5, 5.41) is 0.720. The largest absolute Gasteiger partial charge is 0.175 e. The summed E-state index contributed by atoms with van der Waals surface area (Å²) in [7, 11) is 0. The Balaban J connectivity index is 2.39. The fraction of sp³-hybridized carbons (Fsp3) is 1.00. The molecule has 1 saturated carbocycles. The van der Waals surface area contributed by atoms with Gasteiger partial charge in [-0.05, 0) is 24.7 Å². The van der Waals surface area contributed by atoms with Crippen LogP contribution in [-0.4, -0.2) is 5.25 Å². The Bertz CT molecular complexity index is 78.9. The molecule has 0 heterocycles. The van der Waals surface area contributed by atoms with Gasteiger partial charge in [0, 0.05) is 5.25 Å². The maximum absolute atomic E-state index is 4.42. The molecule has 0 bridgehead atoms. The summed E-state index contributed by atoms with van der Waals surface area (Å²) in [6.07, 6.45) is 3.98. The summed E-state index contributed by atoms with van der Waals surface area (Å²) < 4.78 is 0. The van der Waals surface area contributed by atoms with E-state index in [1.807, 2.05) is 0 Å². The Hall–Kier alpha value is 0.350. The molecular weight excluding hydrogens is 116 g/mol. The quantitative estimate of drug-likeness (QED) is 0.545.